The van der Waals surface area contributed by atoms with Crippen LogP contribution in [0.3, 0.4) is 0 Å². The molecule has 0 fully saturated rings. The van der Waals surface area contributed by atoms with Crippen molar-refractivity contribution in [3.05, 3.63) is 35.6 Å². The summed E-state index contributed by atoms with van der Waals surface area (Å²) >= 11 is 0. The van der Waals surface area contributed by atoms with E-state index in [4.69, 9.17) is 5.73 Å². The highest BCUT2D eigenvalue weighted by molar-refractivity contribution is 5.61. The van der Waals surface area contributed by atoms with Crippen LogP contribution in [0.2, 0.25) is 0 Å². The van der Waals surface area contributed by atoms with Gasteiger partial charge in [-0.05, 0) is 31.0 Å². The van der Waals surface area contributed by atoms with Gasteiger partial charge in [0.2, 0.25) is 5.95 Å². The predicted molar refractivity (Wildman–Crippen MR) is 79.6 cm³/mol. The van der Waals surface area contributed by atoms with E-state index in [0.717, 1.165) is 18.5 Å². The van der Waals surface area contributed by atoms with Gasteiger partial charge in [-0.2, -0.15) is 9.97 Å². The van der Waals surface area contributed by atoms with Gasteiger partial charge < -0.3 is 16.4 Å². The lowest BCUT2D eigenvalue weighted by Crippen LogP contribution is -2.07. The Bertz CT molecular complexity index is 600. The molecule has 1 aromatic carbocycles. The summed E-state index contributed by atoms with van der Waals surface area (Å²) in [5.41, 5.74) is 6.98. The van der Waals surface area contributed by atoms with Crippen molar-refractivity contribution in [2.24, 2.45) is 0 Å². The number of hydrogen-bond donors (Lipinski definition) is 3. The second-order valence-corrected chi connectivity index (χ2v) is 4.53. The van der Waals surface area contributed by atoms with Gasteiger partial charge in [-0.15, -0.1) is 0 Å². The summed E-state index contributed by atoms with van der Waals surface area (Å²) in [7, 11) is 0. The van der Waals surface area contributed by atoms with Crippen LogP contribution in [0.1, 0.15) is 18.9 Å². The van der Waals surface area contributed by atoms with Crippen LogP contribution in [0, 0.1) is 12.7 Å². The van der Waals surface area contributed by atoms with Crippen molar-refractivity contribution in [1.29, 1.82) is 0 Å². The Labute approximate surface area is 117 Å². The van der Waals surface area contributed by atoms with E-state index in [0.29, 0.717) is 17.3 Å². The van der Waals surface area contributed by atoms with E-state index in [-0.39, 0.29) is 11.8 Å². The highest BCUT2D eigenvalue weighted by Gasteiger charge is 2.06. The van der Waals surface area contributed by atoms with Crippen LogP contribution in [0.25, 0.3) is 0 Å². The molecule has 6 heteroatoms. The number of aryl methyl sites for hydroxylation is 1. The first kappa shape index (κ1) is 14.0. The fourth-order valence-electron chi connectivity index (χ4n) is 1.75. The standard InChI is InChI=1S/C14H18FN5/c1-3-6-17-12-8-13(20-14(16)19-12)18-11-7-9(2)4-5-10(11)15/h4-5,7-8H,3,6H2,1-2H3,(H4,16,17,18,19,20). The number of nitrogen functional groups attached to an aromatic ring is 1. The number of nitrogens with one attached hydrogen (secondary N) is 2. The number of benzene rings is 1. The first-order valence-corrected chi connectivity index (χ1v) is 6.50. The third-order valence-electron chi connectivity index (χ3n) is 2.68. The first-order valence-electron chi connectivity index (χ1n) is 6.50. The normalized spacial score (nSPS) is 10.3. The molecule has 0 aliphatic heterocycles. The molecule has 0 bridgehead atoms. The van der Waals surface area contributed by atoms with Crippen LogP contribution in [0.4, 0.5) is 27.7 Å². The molecule has 0 spiro atoms. The summed E-state index contributed by atoms with van der Waals surface area (Å²) in [4.78, 5) is 8.13. The SMILES string of the molecule is CCCNc1cc(Nc2cc(C)ccc2F)nc(N)n1. The summed E-state index contributed by atoms with van der Waals surface area (Å²) in [6, 6.07) is 6.54. The molecule has 0 saturated carbocycles. The van der Waals surface area contributed by atoms with E-state index in [9.17, 15) is 4.39 Å². The van der Waals surface area contributed by atoms with E-state index in [2.05, 4.69) is 27.5 Å². The van der Waals surface area contributed by atoms with Crippen LogP contribution >= 0.6 is 0 Å². The Hall–Kier alpha value is -2.37. The third-order valence-corrected chi connectivity index (χ3v) is 2.68. The molecule has 0 aliphatic rings. The molecule has 0 amide bonds. The quantitative estimate of drug-likeness (QED) is 0.782. The summed E-state index contributed by atoms with van der Waals surface area (Å²) in [6.07, 6.45) is 0.971. The minimum Gasteiger partial charge on any atom is -0.370 e. The van der Waals surface area contributed by atoms with Crippen LogP contribution in [0.15, 0.2) is 24.3 Å². The highest BCUT2D eigenvalue weighted by atomic mass is 19.1. The number of nitrogens with two attached hydrogens (primary N) is 1. The topological polar surface area (TPSA) is 75.9 Å². The number of anilines is 4. The fourth-order valence-corrected chi connectivity index (χ4v) is 1.75. The molecule has 0 radical (unpaired) electrons. The Morgan fingerprint density at radius 2 is 1.95 bits per heavy atom. The molecule has 106 valence electrons. The van der Waals surface area contributed by atoms with Gasteiger partial charge in [-0.3, -0.25) is 0 Å². The Balaban J connectivity index is 2.24. The molecular formula is C14H18FN5. The number of rotatable bonds is 5. The first-order chi connectivity index (χ1) is 9.58. The fraction of sp³-hybridized carbons (Fsp3) is 0.286. The largest absolute Gasteiger partial charge is 0.370 e. The Kier molecular flexibility index (Phi) is 4.34. The predicted octanol–water partition coefficient (Wildman–Crippen LogP) is 3.07. The zero-order valence-corrected chi connectivity index (χ0v) is 11.6. The van der Waals surface area contributed by atoms with Crippen molar-refractivity contribution in [3.63, 3.8) is 0 Å². The smallest absolute Gasteiger partial charge is 0.223 e. The maximum atomic E-state index is 13.7. The van der Waals surface area contributed by atoms with Gasteiger partial charge in [-0.1, -0.05) is 13.0 Å². The summed E-state index contributed by atoms with van der Waals surface area (Å²) < 4.78 is 13.7. The van der Waals surface area contributed by atoms with Gasteiger partial charge in [0.05, 0.1) is 5.69 Å². The Morgan fingerprint density at radius 1 is 1.20 bits per heavy atom. The number of hydrogen-bond acceptors (Lipinski definition) is 5. The second-order valence-electron chi connectivity index (χ2n) is 4.53. The average molecular weight is 275 g/mol. The van der Waals surface area contributed by atoms with Gasteiger partial charge in [0, 0.05) is 12.6 Å². The zero-order chi connectivity index (χ0) is 14.5. The Morgan fingerprint density at radius 3 is 2.70 bits per heavy atom. The minimum atomic E-state index is -0.337. The van der Waals surface area contributed by atoms with Crippen molar-refractivity contribution >= 4 is 23.3 Å². The van der Waals surface area contributed by atoms with Gasteiger partial charge in [0.1, 0.15) is 17.5 Å². The summed E-state index contributed by atoms with van der Waals surface area (Å²) in [5, 5.41) is 6.05. The molecule has 0 unspecified atom stereocenters. The number of aromatic nitrogens is 2. The van der Waals surface area contributed by atoms with E-state index < -0.39 is 0 Å². The summed E-state index contributed by atoms with van der Waals surface area (Å²) in [6.45, 7) is 4.74. The highest BCUT2D eigenvalue weighted by Crippen LogP contribution is 2.22. The van der Waals surface area contributed by atoms with Gasteiger partial charge in [-0.25, -0.2) is 4.39 Å². The van der Waals surface area contributed by atoms with Crippen molar-refractivity contribution in [1.82, 2.24) is 9.97 Å². The molecule has 20 heavy (non-hydrogen) atoms. The van der Waals surface area contributed by atoms with Gasteiger partial charge in [0.25, 0.3) is 0 Å². The lowest BCUT2D eigenvalue weighted by molar-refractivity contribution is 0.631. The molecule has 0 aliphatic carbocycles. The van der Waals surface area contributed by atoms with Crippen molar-refractivity contribution in [3.8, 4) is 0 Å². The van der Waals surface area contributed by atoms with Crippen LogP contribution in [0.5, 0.6) is 0 Å². The zero-order valence-electron chi connectivity index (χ0n) is 11.6. The molecule has 0 atom stereocenters. The monoisotopic (exact) mass is 275 g/mol. The molecule has 5 nitrogen and oxygen atoms in total. The number of halogens is 1. The number of nitrogens with zero attached hydrogens (tertiary/aromatic N) is 2. The van der Waals surface area contributed by atoms with E-state index in [1.54, 1.807) is 18.2 Å². The molecular weight excluding hydrogens is 257 g/mol. The van der Waals surface area contributed by atoms with Crippen LogP contribution in [-0.2, 0) is 0 Å². The van der Waals surface area contributed by atoms with Crippen LogP contribution < -0.4 is 16.4 Å². The lowest BCUT2D eigenvalue weighted by Gasteiger charge is -2.10. The van der Waals surface area contributed by atoms with Crippen molar-refractivity contribution in [2.45, 2.75) is 20.3 Å². The summed E-state index contributed by atoms with van der Waals surface area (Å²) in [5.74, 6) is 0.882. The lowest BCUT2D eigenvalue weighted by atomic mass is 10.2. The average Bonchev–Trinajstić information content (AvgIpc) is 2.40. The van der Waals surface area contributed by atoms with E-state index >= 15 is 0 Å². The molecule has 1 heterocycles. The van der Waals surface area contributed by atoms with Crippen molar-refractivity contribution < 1.29 is 4.39 Å². The second kappa shape index (κ2) is 6.18. The molecule has 4 N–H and O–H groups in total. The maximum absolute atomic E-state index is 13.7. The molecule has 2 rings (SSSR count). The molecule has 1 aromatic heterocycles. The van der Waals surface area contributed by atoms with Gasteiger partial charge >= 0.3 is 0 Å². The molecule has 2 aromatic rings. The van der Waals surface area contributed by atoms with E-state index in [1.807, 2.05) is 6.92 Å². The van der Waals surface area contributed by atoms with Crippen LogP contribution in [-0.4, -0.2) is 16.5 Å². The molecule has 0 saturated heterocycles. The minimum absolute atomic E-state index is 0.140. The van der Waals surface area contributed by atoms with Crippen molar-refractivity contribution in [2.75, 3.05) is 22.9 Å². The van der Waals surface area contributed by atoms with Gasteiger partial charge in [0.15, 0.2) is 0 Å². The maximum Gasteiger partial charge on any atom is 0.223 e. The van der Waals surface area contributed by atoms with E-state index in [1.165, 1.54) is 6.07 Å². The third kappa shape index (κ3) is 3.57.